The summed E-state index contributed by atoms with van der Waals surface area (Å²) in [5.41, 5.74) is 0.168. The van der Waals surface area contributed by atoms with Crippen molar-refractivity contribution in [1.82, 2.24) is 4.31 Å². The van der Waals surface area contributed by atoms with E-state index in [1.54, 1.807) is 28.6 Å². The van der Waals surface area contributed by atoms with Crippen molar-refractivity contribution in [2.24, 2.45) is 11.3 Å². The van der Waals surface area contributed by atoms with Gasteiger partial charge in [0.15, 0.2) is 0 Å². The molecule has 0 aliphatic carbocycles. The molecule has 0 saturated carbocycles. The Morgan fingerprint density at radius 3 is 2.28 bits per heavy atom. The molecule has 1 fully saturated rings. The Morgan fingerprint density at radius 1 is 1.17 bits per heavy atom. The molecular weight excluding hydrogens is 246 g/mol. The van der Waals surface area contributed by atoms with Crippen LogP contribution in [0.3, 0.4) is 0 Å². The Hall–Kier alpha value is -0.870. The first-order chi connectivity index (χ1) is 8.32. The average Bonchev–Trinajstić information content (AvgIpc) is 2.79. The van der Waals surface area contributed by atoms with Crippen molar-refractivity contribution in [2.75, 3.05) is 13.1 Å². The summed E-state index contributed by atoms with van der Waals surface area (Å²) in [6.07, 6.45) is 0.954. The van der Waals surface area contributed by atoms with E-state index in [0.29, 0.717) is 23.9 Å². The van der Waals surface area contributed by atoms with E-state index < -0.39 is 10.0 Å². The molecule has 0 bridgehead atoms. The molecule has 3 nitrogen and oxygen atoms in total. The molecule has 18 heavy (non-hydrogen) atoms. The van der Waals surface area contributed by atoms with E-state index in [1.165, 1.54) is 0 Å². The summed E-state index contributed by atoms with van der Waals surface area (Å²) >= 11 is 0. The summed E-state index contributed by atoms with van der Waals surface area (Å²) in [6.45, 7) is 7.81. The van der Waals surface area contributed by atoms with E-state index in [2.05, 4.69) is 20.8 Å². The smallest absolute Gasteiger partial charge is 0.207 e. The molecule has 2 rings (SSSR count). The molecule has 0 amide bonds. The van der Waals surface area contributed by atoms with Gasteiger partial charge in [-0.3, -0.25) is 0 Å². The van der Waals surface area contributed by atoms with Crippen LogP contribution in [-0.4, -0.2) is 25.8 Å². The molecule has 1 atom stereocenters. The van der Waals surface area contributed by atoms with E-state index in [4.69, 9.17) is 0 Å². The van der Waals surface area contributed by atoms with Crippen LogP contribution in [0.5, 0.6) is 0 Å². The number of benzene rings is 1. The largest absolute Gasteiger partial charge is 0.243 e. The van der Waals surface area contributed by atoms with Crippen LogP contribution in [-0.2, 0) is 10.0 Å². The van der Waals surface area contributed by atoms with Crippen molar-refractivity contribution >= 4 is 10.0 Å². The molecule has 0 spiro atoms. The van der Waals surface area contributed by atoms with Gasteiger partial charge in [0, 0.05) is 13.1 Å². The topological polar surface area (TPSA) is 37.4 Å². The molecule has 1 aliphatic heterocycles. The van der Waals surface area contributed by atoms with Gasteiger partial charge in [-0.05, 0) is 29.9 Å². The average molecular weight is 267 g/mol. The van der Waals surface area contributed by atoms with Gasteiger partial charge in [-0.15, -0.1) is 0 Å². The third-order valence-corrected chi connectivity index (χ3v) is 5.64. The molecule has 0 radical (unpaired) electrons. The first-order valence-corrected chi connectivity index (χ1v) is 7.81. The van der Waals surface area contributed by atoms with Crippen LogP contribution < -0.4 is 0 Å². The lowest BCUT2D eigenvalue weighted by molar-refractivity contribution is 0.252. The molecule has 0 N–H and O–H groups in total. The van der Waals surface area contributed by atoms with Crippen LogP contribution in [0.2, 0.25) is 0 Å². The number of nitrogens with zero attached hydrogens (tertiary/aromatic N) is 1. The van der Waals surface area contributed by atoms with Crippen molar-refractivity contribution < 1.29 is 8.42 Å². The number of hydrogen-bond donors (Lipinski definition) is 0. The summed E-state index contributed by atoms with van der Waals surface area (Å²) in [5.74, 6) is 0.441. The van der Waals surface area contributed by atoms with Crippen molar-refractivity contribution in [3.05, 3.63) is 30.3 Å². The summed E-state index contributed by atoms with van der Waals surface area (Å²) in [4.78, 5) is 0.402. The Bertz CT molecular complexity index is 502. The lowest BCUT2D eigenvalue weighted by Crippen LogP contribution is -2.31. The molecule has 1 aromatic carbocycles. The maximum absolute atomic E-state index is 12.4. The minimum Gasteiger partial charge on any atom is -0.207 e. The van der Waals surface area contributed by atoms with E-state index in [0.717, 1.165) is 6.42 Å². The van der Waals surface area contributed by atoms with Crippen LogP contribution >= 0.6 is 0 Å². The van der Waals surface area contributed by atoms with Gasteiger partial charge in [-0.25, -0.2) is 8.42 Å². The van der Waals surface area contributed by atoms with E-state index >= 15 is 0 Å². The summed E-state index contributed by atoms with van der Waals surface area (Å²) in [7, 11) is -3.30. The first kappa shape index (κ1) is 13.6. The van der Waals surface area contributed by atoms with Gasteiger partial charge < -0.3 is 0 Å². The summed E-state index contributed by atoms with van der Waals surface area (Å²) in [5, 5.41) is 0. The standard InChI is InChI=1S/C14H21NO2S/c1-14(2,3)12-9-10-15(11-12)18(16,17)13-7-5-4-6-8-13/h4-8,12H,9-11H2,1-3H3. The maximum Gasteiger partial charge on any atom is 0.243 e. The second-order valence-electron chi connectivity index (χ2n) is 6.03. The van der Waals surface area contributed by atoms with Gasteiger partial charge in [0.05, 0.1) is 4.90 Å². The summed E-state index contributed by atoms with van der Waals surface area (Å²) in [6, 6.07) is 8.70. The van der Waals surface area contributed by atoms with Crippen LogP contribution in [0.25, 0.3) is 0 Å². The number of rotatable bonds is 2. The van der Waals surface area contributed by atoms with Crippen LogP contribution in [0.15, 0.2) is 35.2 Å². The van der Waals surface area contributed by atoms with Crippen molar-refractivity contribution in [3.63, 3.8) is 0 Å². The zero-order valence-corrected chi connectivity index (χ0v) is 12.1. The highest BCUT2D eigenvalue weighted by molar-refractivity contribution is 7.89. The van der Waals surface area contributed by atoms with E-state index in [-0.39, 0.29) is 5.41 Å². The SMILES string of the molecule is CC(C)(C)C1CCN(S(=O)(=O)c2ccccc2)C1. The van der Waals surface area contributed by atoms with Gasteiger partial charge in [-0.2, -0.15) is 4.31 Å². The van der Waals surface area contributed by atoms with Crippen molar-refractivity contribution in [1.29, 1.82) is 0 Å². The van der Waals surface area contributed by atoms with Crippen LogP contribution in [0.4, 0.5) is 0 Å². The molecule has 1 heterocycles. The zero-order chi connectivity index (χ0) is 13.4. The Morgan fingerprint density at radius 2 is 1.78 bits per heavy atom. The highest BCUT2D eigenvalue weighted by Crippen LogP contribution is 2.35. The fourth-order valence-corrected chi connectivity index (χ4v) is 3.92. The fourth-order valence-electron chi connectivity index (χ4n) is 2.39. The molecule has 1 aromatic rings. The molecule has 1 aliphatic rings. The fraction of sp³-hybridized carbons (Fsp3) is 0.571. The van der Waals surface area contributed by atoms with Gasteiger partial charge in [0.1, 0.15) is 0 Å². The molecule has 100 valence electrons. The molecule has 1 saturated heterocycles. The van der Waals surface area contributed by atoms with Gasteiger partial charge in [0.2, 0.25) is 10.0 Å². The summed E-state index contributed by atoms with van der Waals surface area (Å²) < 4.78 is 26.5. The normalized spacial score (nSPS) is 22.3. The Kier molecular flexibility index (Phi) is 3.52. The monoisotopic (exact) mass is 267 g/mol. The molecule has 1 unspecified atom stereocenters. The molecular formula is C14H21NO2S. The number of sulfonamides is 1. The highest BCUT2D eigenvalue weighted by Gasteiger charge is 2.37. The van der Waals surface area contributed by atoms with Crippen molar-refractivity contribution in [2.45, 2.75) is 32.1 Å². The van der Waals surface area contributed by atoms with Gasteiger partial charge in [-0.1, -0.05) is 39.0 Å². The predicted molar refractivity (Wildman–Crippen MR) is 72.8 cm³/mol. The third-order valence-electron chi connectivity index (χ3n) is 3.76. The van der Waals surface area contributed by atoms with Crippen LogP contribution in [0.1, 0.15) is 27.2 Å². The van der Waals surface area contributed by atoms with Gasteiger partial charge >= 0.3 is 0 Å². The lowest BCUT2D eigenvalue weighted by Gasteiger charge is -2.26. The Balaban J connectivity index is 2.20. The minimum absolute atomic E-state index is 0.168. The second-order valence-corrected chi connectivity index (χ2v) is 7.97. The first-order valence-electron chi connectivity index (χ1n) is 6.37. The minimum atomic E-state index is -3.30. The predicted octanol–water partition coefficient (Wildman–Crippen LogP) is 2.74. The Labute approximate surface area is 110 Å². The van der Waals surface area contributed by atoms with Gasteiger partial charge in [0.25, 0.3) is 0 Å². The van der Waals surface area contributed by atoms with E-state index in [1.807, 2.05) is 6.07 Å². The molecule has 4 heteroatoms. The van der Waals surface area contributed by atoms with Crippen molar-refractivity contribution in [3.8, 4) is 0 Å². The zero-order valence-electron chi connectivity index (χ0n) is 11.3. The maximum atomic E-state index is 12.4. The molecule has 0 aromatic heterocycles. The van der Waals surface area contributed by atoms with Crippen LogP contribution in [0, 0.1) is 11.3 Å². The third kappa shape index (κ3) is 2.59. The van der Waals surface area contributed by atoms with E-state index in [9.17, 15) is 8.42 Å². The lowest BCUT2D eigenvalue weighted by atomic mass is 9.80. The number of hydrogen-bond acceptors (Lipinski definition) is 2. The second kappa shape index (κ2) is 4.67. The highest BCUT2D eigenvalue weighted by atomic mass is 32.2. The quantitative estimate of drug-likeness (QED) is 0.826.